The van der Waals surface area contributed by atoms with Gasteiger partial charge in [-0.15, -0.1) is 0 Å². The van der Waals surface area contributed by atoms with Crippen LogP contribution in [0.4, 0.5) is 0 Å². The van der Waals surface area contributed by atoms with Gasteiger partial charge in [-0.25, -0.2) is 8.42 Å². The number of nitrogens with one attached hydrogen (secondary N) is 1. The van der Waals surface area contributed by atoms with Gasteiger partial charge in [0.05, 0.1) is 4.90 Å². The molecule has 0 aliphatic heterocycles. The van der Waals surface area contributed by atoms with Crippen molar-refractivity contribution in [1.29, 1.82) is 0 Å². The van der Waals surface area contributed by atoms with Crippen LogP contribution in [0.25, 0.3) is 16.7 Å². The van der Waals surface area contributed by atoms with E-state index in [1.807, 2.05) is 61.5 Å². The van der Waals surface area contributed by atoms with Crippen molar-refractivity contribution in [3.8, 4) is 11.1 Å². The van der Waals surface area contributed by atoms with E-state index in [1.54, 1.807) is 30.5 Å². The molecular formula is C25H21NO2S. The zero-order chi connectivity index (χ0) is 20.3. The molecule has 2 aromatic carbocycles. The Kier molecular flexibility index (Phi) is 5.19. The van der Waals surface area contributed by atoms with Gasteiger partial charge in [-0.05, 0) is 41.3 Å². The van der Waals surface area contributed by atoms with E-state index in [-0.39, 0.29) is 4.90 Å². The first-order chi connectivity index (χ1) is 14.0. The predicted octanol–water partition coefficient (Wildman–Crippen LogP) is 5.47. The summed E-state index contributed by atoms with van der Waals surface area (Å²) < 4.78 is 28.3. The van der Waals surface area contributed by atoms with E-state index in [2.05, 4.69) is 22.9 Å². The summed E-state index contributed by atoms with van der Waals surface area (Å²) in [6.45, 7) is 1.93. The smallest absolute Gasteiger partial charge is 0.261 e. The van der Waals surface area contributed by atoms with Gasteiger partial charge in [0.25, 0.3) is 10.0 Å². The van der Waals surface area contributed by atoms with Crippen LogP contribution < -0.4 is 4.72 Å². The van der Waals surface area contributed by atoms with E-state index in [9.17, 15) is 8.42 Å². The summed E-state index contributed by atoms with van der Waals surface area (Å²) in [5.74, 6) is 0. The molecule has 0 aromatic heterocycles. The van der Waals surface area contributed by atoms with Crippen LogP contribution >= 0.6 is 0 Å². The van der Waals surface area contributed by atoms with Crippen LogP contribution in [-0.4, -0.2) is 8.42 Å². The molecule has 2 aliphatic rings. The van der Waals surface area contributed by atoms with E-state index >= 15 is 0 Å². The van der Waals surface area contributed by atoms with Crippen molar-refractivity contribution in [2.75, 3.05) is 0 Å². The predicted molar refractivity (Wildman–Crippen MR) is 118 cm³/mol. The maximum absolute atomic E-state index is 12.8. The van der Waals surface area contributed by atoms with Crippen molar-refractivity contribution in [3.05, 3.63) is 120 Å². The molecule has 144 valence electrons. The lowest BCUT2D eigenvalue weighted by Crippen LogP contribution is -2.18. The van der Waals surface area contributed by atoms with Gasteiger partial charge in [0.15, 0.2) is 0 Å². The Morgan fingerprint density at radius 1 is 0.759 bits per heavy atom. The van der Waals surface area contributed by atoms with E-state index in [4.69, 9.17) is 0 Å². The summed E-state index contributed by atoms with van der Waals surface area (Å²) in [6.07, 6.45) is 1.59. The highest BCUT2D eigenvalue weighted by atomic mass is 32.2. The minimum atomic E-state index is -3.66. The second kappa shape index (κ2) is 7.94. The largest absolute Gasteiger partial charge is 0.286 e. The van der Waals surface area contributed by atoms with Crippen LogP contribution in [0.5, 0.6) is 0 Å². The van der Waals surface area contributed by atoms with E-state index in [1.165, 1.54) is 0 Å². The van der Waals surface area contributed by atoms with Gasteiger partial charge < -0.3 is 0 Å². The summed E-state index contributed by atoms with van der Waals surface area (Å²) in [5, 5.41) is 0. The number of hydrogen-bond donors (Lipinski definition) is 1. The molecule has 29 heavy (non-hydrogen) atoms. The van der Waals surface area contributed by atoms with Gasteiger partial charge in [-0.2, -0.15) is 0 Å². The molecule has 0 saturated carbocycles. The van der Waals surface area contributed by atoms with E-state index in [0.29, 0.717) is 0 Å². The quantitative estimate of drug-likeness (QED) is 0.484. The number of hydrogen-bond acceptors (Lipinski definition) is 2. The molecule has 0 saturated heterocycles. The molecule has 0 radical (unpaired) electrons. The SMILES string of the molecule is Cc1ccc(S(=O)(=O)N/C=C(\c2ccccc2)c2ccc3cccccc2-3)cc1. The van der Waals surface area contributed by atoms with Crippen LogP contribution in [0.1, 0.15) is 16.7 Å². The van der Waals surface area contributed by atoms with Crippen LogP contribution in [0.2, 0.25) is 0 Å². The highest BCUT2D eigenvalue weighted by Gasteiger charge is 2.16. The number of rotatable bonds is 5. The Hall–Kier alpha value is -3.37. The zero-order valence-electron chi connectivity index (χ0n) is 16.0. The molecule has 0 fully saturated rings. The van der Waals surface area contributed by atoms with Gasteiger partial charge in [-0.1, -0.05) is 90.5 Å². The molecule has 0 spiro atoms. The van der Waals surface area contributed by atoms with Gasteiger partial charge >= 0.3 is 0 Å². The lowest BCUT2D eigenvalue weighted by Gasteiger charge is -2.11. The first kappa shape index (κ1) is 19.0. The fourth-order valence-corrected chi connectivity index (χ4v) is 4.21. The first-order valence-corrected chi connectivity index (χ1v) is 10.9. The third kappa shape index (κ3) is 4.08. The molecule has 3 nitrogen and oxygen atoms in total. The van der Waals surface area contributed by atoms with Gasteiger partial charge in [0.2, 0.25) is 0 Å². The molecule has 0 bridgehead atoms. The molecule has 1 N–H and O–H groups in total. The summed E-state index contributed by atoms with van der Waals surface area (Å²) in [7, 11) is -3.66. The molecule has 4 heteroatoms. The summed E-state index contributed by atoms with van der Waals surface area (Å²) >= 11 is 0. The molecule has 0 atom stereocenters. The lowest BCUT2D eigenvalue weighted by molar-refractivity contribution is 0.590. The molecule has 0 heterocycles. The maximum atomic E-state index is 12.8. The normalized spacial score (nSPS) is 12.1. The Morgan fingerprint density at radius 2 is 1.41 bits per heavy atom. The van der Waals surface area contributed by atoms with E-state index in [0.717, 1.165) is 33.4 Å². The topological polar surface area (TPSA) is 46.2 Å². The molecule has 2 aromatic rings. The monoisotopic (exact) mass is 399 g/mol. The number of sulfonamides is 1. The number of aryl methyl sites for hydroxylation is 1. The summed E-state index contributed by atoms with van der Waals surface area (Å²) in [6, 6.07) is 30.8. The van der Waals surface area contributed by atoms with E-state index < -0.39 is 10.0 Å². The fourth-order valence-electron chi connectivity index (χ4n) is 3.31. The first-order valence-electron chi connectivity index (χ1n) is 9.37. The van der Waals surface area contributed by atoms with Crippen LogP contribution in [0.3, 0.4) is 0 Å². The van der Waals surface area contributed by atoms with Crippen molar-refractivity contribution >= 4 is 15.6 Å². The summed E-state index contributed by atoms with van der Waals surface area (Å²) in [4.78, 5) is 0.241. The molecule has 0 unspecified atom stereocenters. The number of fused-ring (bicyclic) bond motifs is 1. The third-order valence-electron chi connectivity index (χ3n) is 4.86. The van der Waals surface area contributed by atoms with Crippen molar-refractivity contribution in [2.24, 2.45) is 0 Å². The fraction of sp³-hybridized carbons (Fsp3) is 0.0400. The third-order valence-corrected chi connectivity index (χ3v) is 6.18. The van der Waals surface area contributed by atoms with Crippen LogP contribution in [-0.2, 0) is 10.0 Å². The number of benzene rings is 2. The molecular weight excluding hydrogens is 378 g/mol. The Morgan fingerprint density at radius 3 is 2.14 bits per heavy atom. The zero-order valence-corrected chi connectivity index (χ0v) is 16.9. The lowest BCUT2D eigenvalue weighted by atomic mass is 9.97. The van der Waals surface area contributed by atoms with Gasteiger partial charge in [-0.3, -0.25) is 4.72 Å². The Labute approximate surface area is 171 Å². The second-order valence-corrected chi connectivity index (χ2v) is 8.60. The highest BCUT2D eigenvalue weighted by molar-refractivity contribution is 7.89. The van der Waals surface area contributed by atoms with Crippen molar-refractivity contribution in [2.45, 2.75) is 11.8 Å². The van der Waals surface area contributed by atoms with Crippen LogP contribution in [0.15, 0.2) is 108 Å². The van der Waals surface area contributed by atoms with Crippen molar-refractivity contribution < 1.29 is 8.42 Å². The van der Waals surface area contributed by atoms with Gasteiger partial charge in [0.1, 0.15) is 0 Å². The summed E-state index contributed by atoms with van der Waals surface area (Å²) in [5.41, 5.74) is 5.93. The minimum Gasteiger partial charge on any atom is -0.286 e. The second-order valence-electron chi connectivity index (χ2n) is 6.89. The van der Waals surface area contributed by atoms with Crippen molar-refractivity contribution in [3.63, 3.8) is 0 Å². The standard InChI is InChI=1S/C25H21NO2S/c1-19-12-15-22(16-13-19)29(27,28)26-18-25(20-8-4-2-5-9-20)24-17-14-21-10-6-3-7-11-23(21)24/h2-18,26H,1H3/b25-18+. The van der Waals surface area contributed by atoms with Gasteiger partial charge in [0, 0.05) is 11.8 Å². The van der Waals surface area contributed by atoms with Crippen molar-refractivity contribution in [1.82, 2.24) is 4.72 Å². The molecule has 0 amide bonds. The Bertz CT molecular complexity index is 1230. The Balaban J connectivity index is 1.79. The maximum Gasteiger partial charge on any atom is 0.261 e. The average molecular weight is 400 g/mol. The van der Waals surface area contributed by atoms with Crippen LogP contribution in [0, 0.1) is 6.92 Å². The molecule has 4 rings (SSSR count). The molecule has 2 aliphatic carbocycles. The average Bonchev–Trinajstić information content (AvgIpc) is 2.97. The minimum absolute atomic E-state index is 0.241. The highest BCUT2D eigenvalue weighted by Crippen LogP contribution is 2.35.